The van der Waals surface area contributed by atoms with Gasteiger partial charge in [0.15, 0.2) is 17.5 Å². The largest absolute Gasteiger partial charge is 0.377 e. The minimum Gasteiger partial charge on any atom is -0.377 e. The quantitative estimate of drug-likeness (QED) is 0.464. The molecule has 1 amide bonds. The highest BCUT2D eigenvalue weighted by Gasteiger charge is 2.21. The van der Waals surface area contributed by atoms with Crippen LogP contribution in [-0.2, 0) is 14.8 Å². The molecule has 0 saturated carbocycles. The molecule has 0 radical (unpaired) electrons. The summed E-state index contributed by atoms with van der Waals surface area (Å²) in [6.07, 6.45) is 1.44. The van der Waals surface area contributed by atoms with Crippen molar-refractivity contribution in [2.24, 2.45) is 0 Å². The number of nitrogens with one attached hydrogen (secondary N) is 3. The lowest BCUT2D eigenvalue weighted by molar-refractivity contribution is 0.0962. The van der Waals surface area contributed by atoms with Gasteiger partial charge in [-0.2, -0.15) is 0 Å². The normalized spacial score (nSPS) is 16.6. The highest BCUT2D eigenvalue weighted by atomic mass is 32.2. The molecule has 1 fully saturated rings. The molecule has 1 unspecified atom stereocenters. The highest BCUT2D eigenvalue weighted by Crippen LogP contribution is 2.19. The Morgan fingerprint density at radius 3 is 2.66 bits per heavy atom. The van der Waals surface area contributed by atoms with Gasteiger partial charge < -0.3 is 4.74 Å². The summed E-state index contributed by atoms with van der Waals surface area (Å²) in [5.74, 6) is -5.35. The van der Waals surface area contributed by atoms with Crippen LogP contribution in [0.4, 0.5) is 18.9 Å². The number of carbonyl (C=O) groups is 1. The fourth-order valence-electron chi connectivity index (χ4n) is 2.71. The Kier molecular flexibility index (Phi) is 6.40. The van der Waals surface area contributed by atoms with Crippen molar-refractivity contribution >= 4 is 21.6 Å². The number of hydrogen-bond donors (Lipinski definition) is 3. The van der Waals surface area contributed by atoms with Gasteiger partial charge in [-0.1, -0.05) is 6.07 Å². The Balaban J connectivity index is 1.66. The summed E-state index contributed by atoms with van der Waals surface area (Å²) < 4.78 is 72.4. The summed E-state index contributed by atoms with van der Waals surface area (Å²) in [4.78, 5) is 12.1. The Labute approximate surface area is 165 Å². The molecule has 2 aromatic rings. The third-order valence-corrected chi connectivity index (χ3v) is 5.70. The van der Waals surface area contributed by atoms with E-state index in [1.165, 1.54) is 18.2 Å². The molecule has 3 N–H and O–H groups in total. The molecule has 29 heavy (non-hydrogen) atoms. The zero-order valence-electron chi connectivity index (χ0n) is 15.0. The first-order valence-electron chi connectivity index (χ1n) is 8.69. The first kappa shape index (κ1) is 21.1. The summed E-state index contributed by atoms with van der Waals surface area (Å²) in [6, 6.07) is 6.77. The van der Waals surface area contributed by atoms with Crippen molar-refractivity contribution in [2.75, 3.05) is 18.6 Å². The van der Waals surface area contributed by atoms with Crippen LogP contribution in [0.15, 0.2) is 41.3 Å². The lowest BCUT2D eigenvalue weighted by atomic mass is 10.2. The molecule has 2 aromatic carbocycles. The number of sulfonamides is 1. The van der Waals surface area contributed by atoms with Crippen molar-refractivity contribution < 1.29 is 31.1 Å². The van der Waals surface area contributed by atoms with Crippen molar-refractivity contribution in [1.82, 2.24) is 10.1 Å². The van der Waals surface area contributed by atoms with Gasteiger partial charge in [-0.05, 0) is 43.2 Å². The topological polar surface area (TPSA) is 96.5 Å². The van der Waals surface area contributed by atoms with Gasteiger partial charge in [-0.3, -0.25) is 15.6 Å². The van der Waals surface area contributed by atoms with E-state index in [1.54, 1.807) is 0 Å². The van der Waals surface area contributed by atoms with Gasteiger partial charge in [-0.15, -0.1) is 0 Å². The molecule has 7 nitrogen and oxygen atoms in total. The molecule has 11 heteroatoms. The molecule has 0 aliphatic carbocycles. The second-order valence-corrected chi connectivity index (χ2v) is 8.08. The molecule has 156 valence electrons. The number of anilines is 1. The summed E-state index contributed by atoms with van der Waals surface area (Å²) in [7, 11) is -3.87. The third-order valence-electron chi connectivity index (χ3n) is 4.28. The first-order valence-corrected chi connectivity index (χ1v) is 10.2. The van der Waals surface area contributed by atoms with Crippen molar-refractivity contribution in [2.45, 2.75) is 23.8 Å². The van der Waals surface area contributed by atoms with Gasteiger partial charge in [0.25, 0.3) is 5.91 Å². The molecule has 1 aliphatic rings. The molecule has 0 aromatic heterocycles. The maximum absolute atomic E-state index is 13.6. The van der Waals surface area contributed by atoms with Crippen LogP contribution in [0.2, 0.25) is 0 Å². The highest BCUT2D eigenvalue weighted by molar-refractivity contribution is 7.89. The van der Waals surface area contributed by atoms with Crippen LogP contribution >= 0.6 is 0 Å². The van der Waals surface area contributed by atoms with Crippen LogP contribution in [-0.4, -0.2) is 33.6 Å². The van der Waals surface area contributed by atoms with Crippen LogP contribution in [0, 0.1) is 17.5 Å². The van der Waals surface area contributed by atoms with Crippen LogP contribution < -0.4 is 15.6 Å². The predicted octanol–water partition coefficient (Wildman–Crippen LogP) is 2.32. The molecular weight excluding hydrogens is 411 g/mol. The number of hydrazine groups is 1. The van der Waals surface area contributed by atoms with Crippen molar-refractivity contribution in [3.8, 4) is 0 Å². The summed E-state index contributed by atoms with van der Waals surface area (Å²) in [5, 5.41) is 0. The zero-order chi connectivity index (χ0) is 21.0. The maximum Gasteiger partial charge on any atom is 0.269 e. The number of carbonyl (C=O) groups excluding carboxylic acids is 1. The molecule has 3 rings (SSSR count). The predicted molar refractivity (Wildman–Crippen MR) is 98.0 cm³/mol. The minimum absolute atomic E-state index is 0.0412. The van der Waals surface area contributed by atoms with E-state index in [1.807, 2.05) is 0 Å². The molecular formula is C18H18F3N3O4S. The average Bonchev–Trinajstić information content (AvgIpc) is 3.24. The monoisotopic (exact) mass is 429 g/mol. The van der Waals surface area contributed by atoms with E-state index >= 15 is 0 Å². The summed E-state index contributed by atoms with van der Waals surface area (Å²) >= 11 is 0. The van der Waals surface area contributed by atoms with Gasteiger partial charge in [0.05, 0.1) is 16.7 Å². The van der Waals surface area contributed by atoms with E-state index in [0.29, 0.717) is 12.7 Å². The SMILES string of the molecule is O=C(NNc1ccc(F)c(F)c1F)c1cccc(S(=O)(=O)NCC2CCCO2)c1. The summed E-state index contributed by atoms with van der Waals surface area (Å²) in [6.45, 7) is 0.712. The number of halogens is 3. The molecule has 0 spiro atoms. The van der Waals surface area contributed by atoms with Crippen LogP contribution in [0.25, 0.3) is 0 Å². The number of hydrogen-bond acceptors (Lipinski definition) is 5. The standard InChI is InChI=1S/C18H18F3N3O4S/c19-14-6-7-15(17(21)16(14)20)23-24-18(25)11-3-1-5-13(9-11)29(26,27)22-10-12-4-2-8-28-12/h1,3,5-7,9,12,22-23H,2,4,8,10H2,(H,24,25). The number of rotatable bonds is 7. The second kappa shape index (κ2) is 8.80. The maximum atomic E-state index is 13.6. The van der Waals surface area contributed by atoms with Gasteiger partial charge in [0.2, 0.25) is 10.0 Å². The molecule has 1 heterocycles. The molecule has 0 bridgehead atoms. The number of ether oxygens (including phenoxy) is 1. The first-order chi connectivity index (χ1) is 13.8. The van der Waals surface area contributed by atoms with Gasteiger partial charge >= 0.3 is 0 Å². The minimum atomic E-state index is -3.87. The van der Waals surface area contributed by atoms with Crippen molar-refractivity contribution in [1.29, 1.82) is 0 Å². The zero-order valence-corrected chi connectivity index (χ0v) is 15.9. The third kappa shape index (κ3) is 5.05. The molecule has 1 aliphatic heterocycles. The molecule has 1 saturated heterocycles. The van der Waals surface area contributed by atoms with E-state index in [0.717, 1.165) is 25.0 Å². The lowest BCUT2D eigenvalue weighted by Crippen LogP contribution is -2.32. The van der Waals surface area contributed by atoms with E-state index in [9.17, 15) is 26.4 Å². The van der Waals surface area contributed by atoms with E-state index in [2.05, 4.69) is 15.6 Å². The van der Waals surface area contributed by atoms with Crippen LogP contribution in [0.3, 0.4) is 0 Å². The average molecular weight is 429 g/mol. The lowest BCUT2D eigenvalue weighted by Gasteiger charge is -2.13. The number of amides is 1. The van der Waals surface area contributed by atoms with Gasteiger partial charge in [0, 0.05) is 18.7 Å². The molecule has 1 atom stereocenters. The van der Waals surface area contributed by atoms with Crippen molar-refractivity contribution in [3.05, 3.63) is 59.4 Å². The van der Waals surface area contributed by atoms with E-state index in [-0.39, 0.29) is 23.1 Å². The fourth-order valence-corrected chi connectivity index (χ4v) is 3.83. The van der Waals surface area contributed by atoms with Crippen LogP contribution in [0.5, 0.6) is 0 Å². The Morgan fingerprint density at radius 1 is 1.14 bits per heavy atom. The van der Waals surface area contributed by atoms with Gasteiger partial charge in [-0.25, -0.2) is 26.3 Å². The Bertz CT molecular complexity index is 1010. The second-order valence-electron chi connectivity index (χ2n) is 6.32. The number of benzene rings is 2. The smallest absolute Gasteiger partial charge is 0.269 e. The Hall–Kier alpha value is -2.63. The van der Waals surface area contributed by atoms with Crippen LogP contribution in [0.1, 0.15) is 23.2 Å². The van der Waals surface area contributed by atoms with E-state index in [4.69, 9.17) is 4.74 Å². The fraction of sp³-hybridized carbons (Fsp3) is 0.278. The summed E-state index contributed by atoms with van der Waals surface area (Å²) in [5.41, 5.74) is 3.71. The Morgan fingerprint density at radius 2 is 1.93 bits per heavy atom. The van der Waals surface area contributed by atoms with Crippen molar-refractivity contribution in [3.63, 3.8) is 0 Å². The van der Waals surface area contributed by atoms with Gasteiger partial charge in [0.1, 0.15) is 0 Å². The van der Waals surface area contributed by atoms with E-state index < -0.39 is 39.1 Å².